The van der Waals surface area contributed by atoms with E-state index in [2.05, 4.69) is 34.9 Å². The lowest BCUT2D eigenvalue weighted by molar-refractivity contribution is -0.132. The normalized spacial score (nSPS) is 24.4. The molecule has 3 aliphatic rings. The topological polar surface area (TPSA) is 66.0 Å². The van der Waals surface area contributed by atoms with Crippen LogP contribution in [-0.4, -0.2) is 47.9 Å². The molecule has 1 aliphatic carbocycles. The Kier molecular flexibility index (Phi) is 5.87. The van der Waals surface area contributed by atoms with Gasteiger partial charge in [0, 0.05) is 25.3 Å². The lowest BCUT2D eigenvalue weighted by atomic mass is 9.96. The maximum atomic E-state index is 13.0. The van der Waals surface area contributed by atoms with Crippen LogP contribution in [0.1, 0.15) is 43.2 Å². The van der Waals surface area contributed by atoms with Crippen LogP contribution in [-0.2, 0) is 11.3 Å². The van der Waals surface area contributed by atoms with Crippen LogP contribution in [0.25, 0.3) is 0 Å². The number of anilines is 1. The second kappa shape index (κ2) is 8.94. The first-order valence-electron chi connectivity index (χ1n) is 11.8. The summed E-state index contributed by atoms with van der Waals surface area (Å²) in [5.41, 5.74) is 3.04. The molecule has 1 saturated carbocycles. The summed E-state index contributed by atoms with van der Waals surface area (Å²) in [6.45, 7) is 4.12. The molecule has 1 saturated heterocycles. The van der Waals surface area contributed by atoms with E-state index in [0.29, 0.717) is 19.1 Å². The third-order valence-corrected chi connectivity index (χ3v) is 7.04. The Bertz CT molecular complexity index is 1010. The Hall–Kier alpha value is -2.86. The van der Waals surface area contributed by atoms with Crippen molar-refractivity contribution in [1.29, 1.82) is 0 Å². The molecule has 6 nitrogen and oxygen atoms in total. The van der Waals surface area contributed by atoms with Gasteiger partial charge < -0.3 is 15.0 Å². The number of carbonyl (C=O) groups excluding carboxylic acids is 1. The first-order chi connectivity index (χ1) is 15.6. The highest BCUT2D eigenvalue weighted by Crippen LogP contribution is 2.31. The van der Waals surface area contributed by atoms with Crippen LogP contribution in [0, 0.1) is 6.92 Å². The number of fused-ring (bicyclic) bond motifs is 1. The van der Waals surface area contributed by atoms with E-state index in [1.165, 1.54) is 18.4 Å². The maximum absolute atomic E-state index is 13.0. The van der Waals surface area contributed by atoms with E-state index >= 15 is 0 Å². The lowest BCUT2D eigenvalue weighted by Crippen LogP contribution is -2.56. The summed E-state index contributed by atoms with van der Waals surface area (Å²) in [5.74, 6) is 1.78. The quantitative estimate of drug-likeness (QED) is 0.769. The number of aliphatic imine (C=N–C) groups is 1. The molecular weight excluding hydrogens is 400 g/mol. The summed E-state index contributed by atoms with van der Waals surface area (Å²) in [6.07, 6.45) is 5.64. The average molecular weight is 433 g/mol. The number of benzene rings is 2. The highest BCUT2D eigenvalue weighted by Gasteiger charge is 2.45. The fraction of sp³-hybridized carbons (Fsp3) is 0.462. The molecule has 2 N–H and O–H groups in total. The smallest absolute Gasteiger partial charge is 0.260 e. The molecule has 1 amide bonds. The molecule has 6 heteroatoms. The molecule has 2 aliphatic heterocycles. The van der Waals surface area contributed by atoms with Crippen molar-refractivity contribution in [1.82, 2.24) is 10.2 Å². The van der Waals surface area contributed by atoms with Crippen molar-refractivity contribution in [3.05, 3.63) is 59.7 Å². The number of hydrogen-bond acceptors (Lipinski definition) is 4. The van der Waals surface area contributed by atoms with Crippen molar-refractivity contribution in [2.45, 2.75) is 57.2 Å². The fourth-order valence-corrected chi connectivity index (χ4v) is 5.07. The Balaban J connectivity index is 1.34. The van der Waals surface area contributed by atoms with Crippen molar-refractivity contribution in [3.63, 3.8) is 0 Å². The minimum absolute atomic E-state index is 0.0221. The number of ether oxygens (including phenoxy) is 1. The highest BCUT2D eigenvalue weighted by molar-refractivity contribution is 6.04. The Morgan fingerprint density at radius 1 is 1.16 bits per heavy atom. The number of nitrogens with zero attached hydrogens (tertiary/aromatic N) is 2. The molecule has 2 aromatic rings. The fourth-order valence-electron chi connectivity index (χ4n) is 5.07. The Labute approximate surface area is 190 Å². The number of rotatable bonds is 4. The van der Waals surface area contributed by atoms with E-state index < -0.39 is 0 Å². The van der Waals surface area contributed by atoms with Gasteiger partial charge in [0.1, 0.15) is 11.6 Å². The molecule has 1 atom stereocenters. The number of amidine groups is 1. The van der Waals surface area contributed by atoms with Gasteiger partial charge in [-0.2, -0.15) is 0 Å². The average Bonchev–Trinajstić information content (AvgIpc) is 3.45. The lowest BCUT2D eigenvalue weighted by Gasteiger charge is -2.31. The number of likely N-dealkylation sites (tertiary alicyclic amines) is 1. The van der Waals surface area contributed by atoms with E-state index in [4.69, 9.17) is 9.73 Å². The van der Waals surface area contributed by atoms with E-state index in [1.54, 1.807) is 0 Å². The molecular formula is C26H32N4O2. The van der Waals surface area contributed by atoms with Gasteiger partial charge in [-0.05, 0) is 49.4 Å². The summed E-state index contributed by atoms with van der Waals surface area (Å²) in [6, 6.07) is 16.6. The predicted molar refractivity (Wildman–Crippen MR) is 127 cm³/mol. The van der Waals surface area contributed by atoms with Crippen molar-refractivity contribution in [3.8, 4) is 5.75 Å². The van der Waals surface area contributed by atoms with Gasteiger partial charge in [0.05, 0.1) is 11.6 Å². The van der Waals surface area contributed by atoms with Crippen molar-refractivity contribution in [2.24, 2.45) is 4.99 Å². The second-order valence-corrected chi connectivity index (χ2v) is 9.25. The van der Waals surface area contributed by atoms with Gasteiger partial charge in [-0.1, -0.05) is 49.2 Å². The largest absolute Gasteiger partial charge is 0.484 e. The molecule has 1 spiro atoms. The van der Waals surface area contributed by atoms with E-state index in [9.17, 15) is 4.79 Å². The van der Waals surface area contributed by atoms with Crippen molar-refractivity contribution in [2.75, 3.05) is 25.0 Å². The summed E-state index contributed by atoms with van der Waals surface area (Å²) < 4.78 is 5.84. The maximum Gasteiger partial charge on any atom is 0.260 e. The number of amides is 1. The molecule has 1 unspecified atom stereocenters. The Morgan fingerprint density at radius 2 is 1.94 bits per heavy atom. The van der Waals surface area contributed by atoms with Gasteiger partial charge in [0.25, 0.3) is 5.91 Å². The summed E-state index contributed by atoms with van der Waals surface area (Å²) >= 11 is 0. The van der Waals surface area contributed by atoms with Crippen LogP contribution in [0.15, 0.2) is 53.5 Å². The van der Waals surface area contributed by atoms with E-state index in [0.717, 1.165) is 48.6 Å². The molecule has 168 valence electrons. The molecule has 2 heterocycles. The zero-order chi connectivity index (χ0) is 22.0. The molecule has 32 heavy (non-hydrogen) atoms. The molecule has 0 aromatic heterocycles. The zero-order valence-corrected chi connectivity index (χ0v) is 18.8. The number of aryl methyl sites for hydroxylation is 1. The van der Waals surface area contributed by atoms with Crippen LogP contribution < -0.4 is 15.4 Å². The highest BCUT2D eigenvalue weighted by atomic mass is 16.5. The van der Waals surface area contributed by atoms with Crippen LogP contribution in [0.2, 0.25) is 0 Å². The minimum Gasteiger partial charge on any atom is -0.484 e. The van der Waals surface area contributed by atoms with Crippen LogP contribution >= 0.6 is 0 Å². The summed E-state index contributed by atoms with van der Waals surface area (Å²) in [5, 5.41) is 7.44. The summed E-state index contributed by atoms with van der Waals surface area (Å²) in [7, 11) is 0. The van der Waals surface area contributed by atoms with Crippen LogP contribution in [0.5, 0.6) is 5.75 Å². The standard InChI is InChI=1S/C26H32N4O2/c1-19-8-2-7-13-23(19)32-17-24(31)30-15-14-26(18-30)25(28-21-10-4-5-11-21)29-22-12-6-3-9-20(22)16-27-26/h2-3,6-9,12-13,21,27H,4-5,10-11,14-18H2,1H3,(H,28,29). The second-order valence-electron chi connectivity index (χ2n) is 9.25. The third-order valence-electron chi connectivity index (χ3n) is 7.04. The van der Waals surface area contributed by atoms with Gasteiger partial charge in [0.2, 0.25) is 0 Å². The van der Waals surface area contributed by atoms with E-state index in [1.807, 2.05) is 36.1 Å². The van der Waals surface area contributed by atoms with Gasteiger partial charge >= 0.3 is 0 Å². The van der Waals surface area contributed by atoms with Gasteiger partial charge in [-0.3, -0.25) is 15.1 Å². The first-order valence-corrected chi connectivity index (χ1v) is 11.8. The molecule has 2 aromatic carbocycles. The zero-order valence-electron chi connectivity index (χ0n) is 18.8. The molecule has 2 fully saturated rings. The first kappa shape index (κ1) is 21.0. The van der Waals surface area contributed by atoms with E-state index in [-0.39, 0.29) is 18.1 Å². The number of carbonyl (C=O) groups is 1. The molecule has 5 rings (SSSR count). The Morgan fingerprint density at radius 3 is 2.78 bits per heavy atom. The van der Waals surface area contributed by atoms with Gasteiger partial charge in [-0.15, -0.1) is 0 Å². The third kappa shape index (κ3) is 4.24. The van der Waals surface area contributed by atoms with Crippen molar-refractivity contribution >= 4 is 17.4 Å². The molecule has 0 bridgehead atoms. The van der Waals surface area contributed by atoms with Crippen LogP contribution in [0.4, 0.5) is 5.69 Å². The summed E-state index contributed by atoms with van der Waals surface area (Å²) in [4.78, 5) is 20.1. The minimum atomic E-state index is -0.347. The monoisotopic (exact) mass is 432 g/mol. The molecule has 0 radical (unpaired) electrons. The van der Waals surface area contributed by atoms with Gasteiger partial charge in [-0.25, -0.2) is 0 Å². The number of hydrogen-bond donors (Lipinski definition) is 2. The number of nitrogens with one attached hydrogen (secondary N) is 2. The van der Waals surface area contributed by atoms with Crippen molar-refractivity contribution < 1.29 is 9.53 Å². The van der Waals surface area contributed by atoms with Crippen LogP contribution in [0.3, 0.4) is 0 Å². The number of para-hydroxylation sites is 2. The predicted octanol–water partition coefficient (Wildman–Crippen LogP) is 3.90. The van der Waals surface area contributed by atoms with Gasteiger partial charge in [0.15, 0.2) is 6.61 Å². The SMILES string of the molecule is Cc1ccccc1OCC(=O)N1CCC2(C1)NCc1ccccc1NC2=NC1CCCC1.